The van der Waals surface area contributed by atoms with E-state index in [1.807, 2.05) is 59.3 Å². The molecule has 2 aromatic carbocycles. The van der Waals surface area contributed by atoms with Gasteiger partial charge in [-0.25, -0.2) is 0 Å². The zero-order valence-electron chi connectivity index (χ0n) is 12.4. The molecule has 3 rings (SSSR count). The maximum absolute atomic E-state index is 12.0. The lowest BCUT2D eigenvalue weighted by molar-refractivity contribution is -0.121. The molecule has 3 nitrogen and oxygen atoms in total. The van der Waals surface area contributed by atoms with Crippen LogP contribution >= 0.6 is 11.6 Å². The highest BCUT2D eigenvalue weighted by Crippen LogP contribution is 2.14. The minimum Gasteiger partial charge on any atom is -0.344 e. The first-order valence-electron chi connectivity index (χ1n) is 7.28. The van der Waals surface area contributed by atoms with E-state index in [1.54, 1.807) is 6.07 Å². The number of amides is 1. The van der Waals surface area contributed by atoms with Gasteiger partial charge in [0.05, 0.1) is 11.6 Å². The van der Waals surface area contributed by atoms with Crippen molar-refractivity contribution in [3.05, 3.63) is 71.4 Å². The number of hydrogen-bond donors (Lipinski definition) is 1. The van der Waals surface area contributed by atoms with E-state index in [-0.39, 0.29) is 12.5 Å². The van der Waals surface area contributed by atoms with Crippen LogP contribution in [0, 0.1) is 11.8 Å². The second kappa shape index (κ2) is 7.04. The number of hydrogen-bond acceptors (Lipinski definition) is 1. The molecule has 3 aromatic rings. The third-order valence-electron chi connectivity index (χ3n) is 3.47. The average molecular weight is 323 g/mol. The fraction of sp³-hybridized carbons (Fsp3) is 0.105. The first-order chi connectivity index (χ1) is 11.2. The van der Waals surface area contributed by atoms with Gasteiger partial charge in [0.25, 0.3) is 0 Å². The Kier molecular flexibility index (Phi) is 4.65. The monoisotopic (exact) mass is 322 g/mol. The van der Waals surface area contributed by atoms with Gasteiger partial charge in [-0.2, -0.15) is 0 Å². The third-order valence-corrected chi connectivity index (χ3v) is 3.79. The van der Waals surface area contributed by atoms with Crippen LogP contribution in [0.2, 0.25) is 5.02 Å². The SMILES string of the molecule is O=C(Cn1ccc2ccccc21)NCC#Cc1ccccc1Cl. The van der Waals surface area contributed by atoms with E-state index in [1.165, 1.54) is 0 Å². The number of carbonyl (C=O) groups is 1. The number of nitrogens with one attached hydrogen (secondary N) is 1. The molecule has 0 saturated heterocycles. The van der Waals surface area contributed by atoms with Crippen molar-refractivity contribution in [3.8, 4) is 11.8 Å². The van der Waals surface area contributed by atoms with Crippen LogP contribution in [0.5, 0.6) is 0 Å². The molecule has 1 amide bonds. The van der Waals surface area contributed by atoms with Gasteiger partial charge in [0, 0.05) is 17.3 Å². The maximum atomic E-state index is 12.0. The zero-order valence-corrected chi connectivity index (χ0v) is 13.2. The first-order valence-corrected chi connectivity index (χ1v) is 7.66. The van der Waals surface area contributed by atoms with E-state index in [2.05, 4.69) is 17.2 Å². The number of rotatable bonds is 3. The minimum atomic E-state index is -0.0696. The molecule has 0 spiro atoms. The predicted octanol–water partition coefficient (Wildman–Crippen LogP) is 3.46. The molecule has 0 aliphatic carbocycles. The van der Waals surface area contributed by atoms with Gasteiger partial charge in [0.1, 0.15) is 6.54 Å². The standard InChI is InChI=1S/C19H15ClN2O/c20-17-9-3-1-6-15(17)8-5-12-21-19(23)14-22-13-11-16-7-2-4-10-18(16)22/h1-4,6-7,9-11,13H,12,14H2,(H,21,23). The summed E-state index contributed by atoms with van der Waals surface area (Å²) in [4.78, 5) is 12.0. The van der Waals surface area contributed by atoms with Crippen LogP contribution in [0.25, 0.3) is 10.9 Å². The lowest BCUT2D eigenvalue weighted by atomic mass is 10.2. The van der Waals surface area contributed by atoms with Crippen molar-refractivity contribution >= 4 is 28.4 Å². The van der Waals surface area contributed by atoms with Gasteiger partial charge >= 0.3 is 0 Å². The lowest BCUT2D eigenvalue weighted by Crippen LogP contribution is -2.27. The maximum Gasteiger partial charge on any atom is 0.240 e. The number of carbonyl (C=O) groups excluding carboxylic acids is 1. The molecule has 23 heavy (non-hydrogen) atoms. The highest BCUT2D eigenvalue weighted by Gasteiger charge is 2.04. The fourth-order valence-electron chi connectivity index (χ4n) is 2.33. The van der Waals surface area contributed by atoms with Gasteiger partial charge in [0.2, 0.25) is 5.91 Å². The number of halogens is 1. The van der Waals surface area contributed by atoms with E-state index in [0.29, 0.717) is 11.6 Å². The molecule has 0 bridgehead atoms. The third kappa shape index (κ3) is 3.74. The van der Waals surface area contributed by atoms with Gasteiger partial charge in [-0.15, -0.1) is 0 Å². The molecular formula is C19H15ClN2O. The van der Waals surface area contributed by atoms with Crippen molar-refractivity contribution in [1.29, 1.82) is 0 Å². The fourth-order valence-corrected chi connectivity index (χ4v) is 2.52. The molecule has 114 valence electrons. The smallest absolute Gasteiger partial charge is 0.240 e. The van der Waals surface area contributed by atoms with Crippen molar-refractivity contribution in [1.82, 2.24) is 9.88 Å². The van der Waals surface area contributed by atoms with Crippen molar-refractivity contribution in [2.45, 2.75) is 6.54 Å². The van der Waals surface area contributed by atoms with Crippen LogP contribution in [0.4, 0.5) is 0 Å². The Hall–Kier alpha value is -2.70. The Morgan fingerprint density at radius 3 is 2.74 bits per heavy atom. The van der Waals surface area contributed by atoms with Crippen LogP contribution in [0.15, 0.2) is 60.8 Å². The Morgan fingerprint density at radius 1 is 1.09 bits per heavy atom. The Morgan fingerprint density at radius 2 is 1.87 bits per heavy atom. The summed E-state index contributed by atoms with van der Waals surface area (Å²) in [5.74, 6) is 5.80. The molecular weight excluding hydrogens is 308 g/mol. The number of nitrogens with zero attached hydrogens (tertiary/aromatic N) is 1. The summed E-state index contributed by atoms with van der Waals surface area (Å²) in [5.41, 5.74) is 1.81. The molecule has 0 fully saturated rings. The number of benzene rings is 2. The van der Waals surface area contributed by atoms with Crippen LogP contribution < -0.4 is 5.32 Å². The molecule has 0 unspecified atom stereocenters. The van der Waals surface area contributed by atoms with E-state index in [9.17, 15) is 4.79 Å². The molecule has 0 radical (unpaired) electrons. The summed E-state index contributed by atoms with van der Waals surface area (Å²) < 4.78 is 1.92. The summed E-state index contributed by atoms with van der Waals surface area (Å²) in [6.07, 6.45) is 1.92. The van der Waals surface area contributed by atoms with Crippen LogP contribution in [0.1, 0.15) is 5.56 Å². The molecule has 1 N–H and O–H groups in total. The van der Waals surface area contributed by atoms with Crippen molar-refractivity contribution < 1.29 is 4.79 Å². The van der Waals surface area contributed by atoms with Gasteiger partial charge in [0.15, 0.2) is 0 Å². The number of aromatic nitrogens is 1. The Balaban J connectivity index is 1.58. The van der Waals surface area contributed by atoms with Crippen molar-refractivity contribution in [2.24, 2.45) is 0 Å². The second-order valence-corrected chi connectivity index (χ2v) is 5.47. The Bertz CT molecular complexity index is 902. The summed E-state index contributed by atoms with van der Waals surface area (Å²) in [7, 11) is 0. The molecule has 1 aromatic heterocycles. The summed E-state index contributed by atoms with van der Waals surface area (Å²) >= 11 is 6.02. The van der Waals surface area contributed by atoms with Gasteiger partial charge < -0.3 is 9.88 Å². The average Bonchev–Trinajstić information content (AvgIpc) is 2.96. The van der Waals surface area contributed by atoms with E-state index >= 15 is 0 Å². The van der Waals surface area contributed by atoms with E-state index in [0.717, 1.165) is 16.5 Å². The molecule has 0 aliphatic heterocycles. The lowest BCUT2D eigenvalue weighted by Gasteiger charge is -2.05. The summed E-state index contributed by atoms with van der Waals surface area (Å²) in [5, 5.41) is 4.54. The summed E-state index contributed by atoms with van der Waals surface area (Å²) in [6, 6.07) is 17.4. The molecule has 0 atom stereocenters. The quantitative estimate of drug-likeness (QED) is 0.736. The highest BCUT2D eigenvalue weighted by atomic mass is 35.5. The zero-order chi connectivity index (χ0) is 16.1. The van der Waals surface area contributed by atoms with Gasteiger partial charge in [-0.05, 0) is 29.7 Å². The first kappa shape index (κ1) is 15.2. The second-order valence-electron chi connectivity index (χ2n) is 5.06. The predicted molar refractivity (Wildman–Crippen MR) is 93.3 cm³/mol. The highest BCUT2D eigenvalue weighted by molar-refractivity contribution is 6.31. The molecule has 0 saturated carbocycles. The van der Waals surface area contributed by atoms with Crippen LogP contribution in [0.3, 0.4) is 0 Å². The van der Waals surface area contributed by atoms with E-state index < -0.39 is 0 Å². The number of para-hydroxylation sites is 1. The Labute approximate surface area is 139 Å². The topological polar surface area (TPSA) is 34.0 Å². The molecule has 1 heterocycles. The number of fused-ring (bicyclic) bond motifs is 1. The van der Waals surface area contributed by atoms with Gasteiger partial charge in [-0.1, -0.05) is 53.8 Å². The van der Waals surface area contributed by atoms with Crippen LogP contribution in [-0.2, 0) is 11.3 Å². The normalized spacial score (nSPS) is 10.1. The summed E-state index contributed by atoms with van der Waals surface area (Å²) in [6.45, 7) is 0.574. The molecule has 4 heteroatoms. The minimum absolute atomic E-state index is 0.0696. The van der Waals surface area contributed by atoms with Crippen molar-refractivity contribution in [3.63, 3.8) is 0 Å². The van der Waals surface area contributed by atoms with Crippen molar-refractivity contribution in [2.75, 3.05) is 6.54 Å². The van der Waals surface area contributed by atoms with E-state index in [4.69, 9.17) is 11.6 Å². The van der Waals surface area contributed by atoms with Gasteiger partial charge in [-0.3, -0.25) is 4.79 Å². The van der Waals surface area contributed by atoms with Crippen LogP contribution in [-0.4, -0.2) is 17.0 Å². The largest absolute Gasteiger partial charge is 0.344 e. The molecule has 0 aliphatic rings.